The number of amides is 2. The van der Waals surface area contributed by atoms with Gasteiger partial charge in [0.25, 0.3) is 5.91 Å². The van der Waals surface area contributed by atoms with E-state index in [1.807, 2.05) is 33.9 Å². The van der Waals surface area contributed by atoms with E-state index in [-0.39, 0.29) is 75.6 Å². The molecule has 1 aromatic carbocycles. The number of carbonyl (C=O) groups is 3. The fourth-order valence-electron chi connectivity index (χ4n) is 13.4. The zero-order chi connectivity index (χ0) is 57.0. The van der Waals surface area contributed by atoms with Crippen LogP contribution >= 0.6 is 0 Å². The number of aliphatic hydroxyl groups excluding tert-OH is 1. The van der Waals surface area contributed by atoms with Gasteiger partial charge in [-0.15, -0.1) is 0 Å². The summed E-state index contributed by atoms with van der Waals surface area (Å²) in [6, 6.07) is 7.92. The number of benzene rings is 1. The van der Waals surface area contributed by atoms with Gasteiger partial charge in [-0.1, -0.05) is 62.8 Å². The molecule has 2 unspecified atom stereocenters. The first-order chi connectivity index (χ1) is 38.2. The largest absolute Gasteiger partial charge is 0.395 e. The number of likely N-dealkylation sites (N-methyl/N-ethyl adjacent to an activating group) is 1. The van der Waals surface area contributed by atoms with Gasteiger partial charge in [-0.3, -0.25) is 29.4 Å². The molecule has 6 aliphatic heterocycles. The van der Waals surface area contributed by atoms with Crippen molar-refractivity contribution in [2.24, 2.45) is 22.7 Å². The van der Waals surface area contributed by atoms with Gasteiger partial charge in [0.15, 0.2) is 0 Å². The summed E-state index contributed by atoms with van der Waals surface area (Å²) >= 11 is 0. The number of methoxy groups -OCH3 is 1. The number of rotatable bonds is 21. The molecule has 0 bridgehead atoms. The van der Waals surface area contributed by atoms with Crippen LogP contribution in [-0.2, 0) is 36.8 Å². The third-order valence-corrected chi connectivity index (χ3v) is 18.2. The number of aromatic nitrogens is 2. The highest BCUT2D eigenvalue weighted by molar-refractivity contribution is 5.95. The van der Waals surface area contributed by atoms with E-state index in [1.165, 1.54) is 5.56 Å². The summed E-state index contributed by atoms with van der Waals surface area (Å²) in [7, 11) is 3.92. The molecule has 1 spiro atoms. The van der Waals surface area contributed by atoms with Crippen LogP contribution < -0.4 is 25.9 Å². The van der Waals surface area contributed by atoms with Gasteiger partial charge in [0.1, 0.15) is 12.3 Å². The van der Waals surface area contributed by atoms with Gasteiger partial charge >= 0.3 is 0 Å². The molecular formula is C63H111N11O6. The molecule has 454 valence electrons. The van der Waals surface area contributed by atoms with Crippen molar-refractivity contribution in [2.45, 2.75) is 165 Å². The Balaban J connectivity index is 0.00000202. The number of aldehydes is 1. The number of fused-ring (bicyclic) bond motifs is 2. The van der Waals surface area contributed by atoms with Crippen LogP contribution in [0.1, 0.15) is 142 Å². The molecule has 80 heavy (non-hydrogen) atoms. The van der Waals surface area contributed by atoms with Crippen molar-refractivity contribution in [1.29, 1.82) is 0 Å². The van der Waals surface area contributed by atoms with E-state index >= 15 is 9.59 Å². The number of hydrazine groups is 1. The summed E-state index contributed by atoms with van der Waals surface area (Å²) in [6.07, 6.45) is 9.35. The Bertz CT molecular complexity index is 2440. The number of anilines is 2. The van der Waals surface area contributed by atoms with E-state index in [4.69, 9.17) is 14.5 Å². The molecule has 0 saturated carbocycles. The van der Waals surface area contributed by atoms with Gasteiger partial charge in [0.05, 0.1) is 55.2 Å². The van der Waals surface area contributed by atoms with E-state index in [1.54, 1.807) is 12.1 Å². The normalized spacial score (nSPS) is 23.6. The van der Waals surface area contributed by atoms with Gasteiger partial charge < -0.3 is 49.3 Å². The number of carbonyl (C=O) groups excluding carboxylic acids is 3. The molecule has 0 radical (unpaired) electrons. The number of aliphatic hydroxyl groups is 1. The number of piperazine rings is 1. The Hall–Kier alpha value is -4.20. The molecule has 2 aromatic heterocycles. The minimum absolute atomic E-state index is 0. The Morgan fingerprint density at radius 3 is 2.40 bits per heavy atom. The van der Waals surface area contributed by atoms with E-state index in [9.17, 15) is 9.90 Å². The third-order valence-electron chi connectivity index (χ3n) is 18.2. The summed E-state index contributed by atoms with van der Waals surface area (Å²) in [6.45, 7) is 33.6. The lowest BCUT2D eigenvalue weighted by molar-refractivity contribution is -0.202. The second-order valence-corrected chi connectivity index (χ2v) is 24.1. The average Bonchev–Trinajstić information content (AvgIpc) is 3.75. The van der Waals surface area contributed by atoms with Gasteiger partial charge in [-0.25, -0.2) is 5.43 Å². The van der Waals surface area contributed by atoms with E-state index in [2.05, 4.69) is 118 Å². The van der Waals surface area contributed by atoms with Gasteiger partial charge in [0, 0.05) is 135 Å². The second-order valence-electron chi connectivity index (χ2n) is 24.1. The Morgan fingerprint density at radius 1 is 1.02 bits per heavy atom. The minimum atomic E-state index is -0.785. The monoisotopic (exact) mass is 1120 g/mol. The summed E-state index contributed by atoms with van der Waals surface area (Å²) in [5, 5.41) is 21.0. The molecular weight excluding hydrogens is 1010 g/mol. The number of ether oxygens (including phenoxy) is 2. The highest BCUT2D eigenvalue weighted by atomic mass is 16.5. The number of hydrogen-bond donors (Lipinski definition) is 4. The van der Waals surface area contributed by atoms with Crippen molar-refractivity contribution < 1.29 is 31.8 Å². The fraction of sp³-hybridized carbons (Fsp3) is 0.746. The van der Waals surface area contributed by atoms with Gasteiger partial charge in [-0.05, 0) is 126 Å². The van der Waals surface area contributed by atoms with Crippen molar-refractivity contribution in [3.05, 3.63) is 41.7 Å². The van der Waals surface area contributed by atoms with Crippen LogP contribution in [0.2, 0.25) is 0 Å². The SMILES string of the molecule is C.CC.CC.CCn1c(-c2cc(N3CCN(C)CC3)cnc2[C@H](C)OC)c(CC(C)(C)CCC=O)c2cc(N(CCO)CC[C@H]([C@H](NC(=O)[C@@H]3C(C)C(C)CNC[C@@H]4CCCN43)C(=O)N3CCCCN3)N3CC4(COC4)C3)ccc21.[HH].[HH]. The average molecular weight is 1120 g/mol. The molecule has 3 aromatic rings. The quantitative estimate of drug-likeness (QED) is 0.0757. The highest BCUT2D eigenvalue weighted by Gasteiger charge is 2.54. The van der Waals surface area contributed by atoms with Crippen molar-refractivity contribution in [3.8, 4) is 11.3 Å². The predicted molar refractivity (Wildman–Crippen MR) is 331 cm³/mol. The first-order valence-corrected chi connectivity index (χ1v) is 30.7. The number of hydrogen-bond acceptors (Lipinski definition) is 14. The molecule has 6 saturated heterocycles. The lowest BCUT2D eigenvalue weighted by Crippen LogP contribution is -2.73. The molecule has 4 N–H and O–H groups in total. The standard InChI is InChI=1S/C58H91N11O6.2C2H6.CH4.2H2/c1-9-67-49-16-15-43(30-46(49)48(32-57(5,6)18-13-28-70)54(67)47-31-45(35-60-51(47)42(4)74-8)65-25-23-63(7)24-26-65)64(27-29-71)22-17-50(66-36-58(37-66)38-75-39-58)52(56(73)69-21-11-10-19-61-69)62-55(72)53-41(3)40(2)33-59-34-44-14-12-20-68(44)53;2*1-2;;;/h15-16,28,30-31,35,40-42,44,50,52-53,59,61,71H,9-14,17-27,29,32-34,36-39H2,1-8H3,(H,62,72);2*1-2H3;1H4;2*1H/t40?,41?,42-,44-,50+,52-,53-;;;;;/m0...../s1. The van der Waals surface area contributed by atoms with Gasteiger partial charge in [0.2, 0.25) is 5.91 Å². The lowest BCUT2D eigenvalue weighted by Gasteiger charge is -2.58. The summed E-state index contributed by atoms with van der Waals surface area (Å²) in [4.78, 5) is 59.4. The van der Waals surface area contributed by atoms with Crippen LogP contribution in [0.4, 0.5) is 11.4 Å². The second kappa shape index (κ2) is 29.9. The minimum Gasteiger partial charge on any atom is -0.395 e. The number of likely N-dealkylation sites (tertiary alicyclic amines) is 1. The molecule has 0 aliphatic carbocycles. The molecule has 9 rings (SSSR count). The van der Waals surface area contributed by atoms with Gasteiger partial charge in [-0.2, -0.15) is 0 Å². The number of nitrogens with one attached hydrogen (secondary N) is 3. The lowest BCUT2D eigenvalue weighted by atomic mass is 9.76. The van der Waals surface area contributed by atoms with E-state index < -0.39 is 6.04 Å². The molecule has 17 heteroatoms. The Kier molecular flexibility index (Phi) is 24.2. The Labute approximate surface area is 485 Å². The van der Waals surface area contributed by atoms with Crippen molar-refractivity contribution in [1.82, 2.24) is 45.3 Å². The molecule has 6 fully saturated rings. The maximum atomic E-state index is 15.2. The van der Waals surface area contributed by atoms with Crippen LogP contribution in [0.15, 0.2) is 30.5 Å². The van der Waals surface area contributed by atoms with E-state index in [0.29, 0.717) is 45.7 Å². The van der Waals surface area contributed by atoms with Crippen LogP contribution in [0.5, 0.6) is 0 Å². The topological polar surface area (TPSA) is 163 Å². The molecule has 6 aliphatic rings. The summed E-state index contributed by atoms with van der Waals surface area (Å²) < 4.78 is 14.2. The van der Waals surface area contributed by atoms with Crippen LogP contribution in [0.3, 0.4) is 0 Å². The Morgan fingerprint density at radius 2 is 1.76 bits per heavy atom. The molecule has 8 heterocycles. The first kappa shape index (κ1) is 65.0. The summed E-state index contributed by atoms with van der Waals surface area (Å²) in [5.74, 6) is 0.243. The number of aryl methyl sites for hydroxylation is 1. The fourth-order valence-corrected chi connectivity index (χ4v) is 13.4. The number of pyridine rings is 1. The van der Waals surface area contributed by atoms with Crippen molar-refractivity contribution in [2.75, 3.05) is 129 Å². The van der Waals surface area contributed by atoms with Crippen molar-refractivity contribution in [3.63, 3.8) is 0 Å². The maximum Gasteiger partial charge on any atom is 0.260 e. The molecule has 7 atom stereocenters. The van der Waals surface area contributed by atoms with Crippen LogP contribution in [0, 0.1) is 22.7 Å². The zero-order valence-corrected chi connectivity index (χ0v) is 50.7. The zero-order valence-electron chi connectivity index (χ0n) is 50.7. The van der Waals surface area contributed by atoms with Crippen LogP contribution in [-0.4, -0.2) is 196 Å². The highest BCUT2D eigenvalue weighted by Crippen LogP contribution is 2.44. The smallest absolute Gasteiger partial charge is 0.260 e. The van der Waals surface area contributed by atoms with Crippen molar-refractivity contribution >= 4 is 40.4 Å². The third kappa shape index (κ3) is 14.6. The van der Waals surface area contributed by atoms with E-state index in [0.717, 1.165) is 156 Å². The maximum absolute atomic E-state index is 15.2. The van der Waals surface area contributed by atoms with Crippen LogP contribution in [0.25, 0.3) is 22.2 Å². The first-order valence-electron chi connectivity index (χ1n) is 30.7. The number of nitrogens with zero attached hydrogens (tertiary/aromatic N) is 8. The molecule has 17 nitrogen and oxygen atoms in total. The summed E-state index contributed by atoms with van der Waals surface area (Å²) in [5.41, 5.74) is 10.8. The predicted octanol–water partition coefficient (Wildman–Crippen LogP) is 8.12. The molecule has 2 amide bonds.